The Morgan fingerprint density at radius 2 is 1.83 bits per heavy atom. The molecule has 1 fully saturated rings. The summed E-state index contributed by atoms with van der Waals surface area (Å²) in [5.74, 6) is 2.35. The third-order valence-electron chi connectivity index (χ3n) is 3.95. The molecule has 1 saturated heterocycles. The maximum absolute atomic E-state index is 6.13. The van der Waals surface area contributed by atoms with Gasteiger partial charge in [0.25, 0.3) is 0 Å². The van der Waals surface area contributed by atoms with Crippen LogP contribution in [0.2, 0.25) is 5.02 Å². The zero-order valence-electron chi connectivity index (χ0n) is 13.8. The van der Waals surface area contributed by atoms with E-state index in [2.05, 4.69) is 25.4 Å². The molecule has 0 spiro atoms. The predicted octanol–water partition coefficient (Wildman–Crippen LogP) is 3.28. The highest BCUT2D eigenvalue weighted by Crippen LogP contribution is 2.36. The number of halogens is 1. The molecule has 3 rings (SSSR count). The van der Waals surface area contributed by atoms with E-state index >= 15 is 0 Å². The lowest BCUT2D eigenvalue weighted by Gasteiger charge is -2.27. The zero-order valence-corrected chi connectivity index (χ0v) is 14.5. The maximum atomic E-state index is 6.13. The van der Waals surface area contributed by atoms with Gasteiger partial charge in [0.05, 0.1) is 31.1 Å². The van der Waals surface area contributed by atoms with Crippen LogP contribution in [0, 0.1) is 0 Å². The average Bonchev–Trinajstić information content (AvgIpc) is 2.63. The van der Waals surface area contributed by atoms with Crippen LogP contribution >= 0.6 is 11.6 Å². The Morgan fingerprint density at radius 1 is 1.08 bits per heavy atom. The molecule has 0 radical (unpaired) electrons. The number of aromatic nitrogens is 3. The highest BCUT2D eigenvalue weighted by molar-refractivity contribution is 6.32. The molecule has 1 aromatic heterocycles. The summed E-state index contributed by atoms with van der Waals surface area (Å²) >= 11 is 6.13. The monoisotopic (exact) mass is 349 g/mol. The van der Waals surface area contributed by atoms with E-state index in [-0.39, 0.29) is 0 Å². The minimum absolute atomic E-state index is 0.403. The Hall–Kier alpha value is -2.28. The van der Waals surface area contributed by atoms with Gasteiger partial charge in [-0.2, -0.15) is 10.1 Å². The number of rotatable bonds is 5. The second-order valence-electron chi connectivity index (χ2n) is 5.50. The lowest BCUT2D eigenvalue weighted by Crippen LogP contribution is -2.30. The topological polar surface area (TPSA) is 72.4 Å². The third kappa shape index (κ3) is 3.62. The SMILES string of the molecule is COc1cc(Nc2nncc(N3CCCCC3)n2)c(OC)cc1Cl. The van der Waals surface area contributed by atoms with Crippen molar-refractivity contribution in [1.82, 2.24) is 15.2 Å². The van der Waals surface area contributed by atoms with Crippen LogP contribution in [-0.2, 0) is 0 Å². The van der Waals surface area contributed by atoms with Gasteiger partial charge in [0.15, 0.2) is 5.82 Å². The number of hydrogen-bond acceptors (Lipinski definition) is 7. The van der Waals surface area contributed by atoms with Crippen LogP contribution in [0.1, 0.15) is 19.3 Å². The van der Waals surface area contributed by atoms with Gasteiger partial charge in [-0.1, -0.05) is 11.6 Å². The largest absolute Gasteiger partial charge is 0.495 e. The van der Waals surface area contributed by atoms with Crippen LogP contribution < -0.4 is 19.7 Å². The molecule has 0 unspecified atom stereocenters. The number of nitrogens with one attached hydrogen (secondary N) is 1. The van der Waals surface area contributed by atoms with Crippen molar-refractivity contribution in [3.8, 4) is 11.5 Å². The average molecular weight is 350 g/mol. The van der Waals surface area contributed by atoms with Crippen molar-refractivity contribution >= 4 is 29.1 Å². The molecule has 0 bridgehead atoms. The van der Waals surface area contributed by atoms with Crippen LogP contribution in [-0.4, -0.2) is 42.5 Å². The van der Waals surface area contributed by atoms with Crippen LogP contribution in [0.3, 0.4) is 0 Å². The van der Waals surface area contributed by atoms with Crippen molar-refractivity contribution in [1.29, 1.82) is 0 Å². The van der Waals surface area contributed by atoms with Crippen molar-refractivity contribution in [2.45, 2.75) is 19.3 Å². The van der Waals surface area contributed by atoms with Crippen LogP contribution in [0.25, 0.3) is 0 Å². The molecule has 7 nitrogen and oxygen atoms in total. The molecule has 2 aromatic rings. The number of ether oxygens (including phenoxy) is 2. The number of anilines is 3. The van der Waals surface area contributed by atoms with Crippen molar-refractivity contribution < 1.29 is 9.47 Å². The fraction of sp³-hybridized carbons (Fsp3) is 0.438. The summed E-state index contributed by atoms with van der Waals surface area (Å²) in [5.41, 5.74) is 0.663. The van der Waals surface area contributed by atoms with Crippen molar-refractivity contribution in [2.75, 3.05) is 37.5 Å². The third-order valence-corrected chi connectivity index (χ3v) is 4.24. The molecule has 1 aliphatic heterocycles. The van der Waals surface area contributed by atoms with Gasteiger partial charge < -0.3 is 19.7 Å². The van der Waals surface area contributed by atoms with Crippen molar-refractivity contribution in [3.05, 3.63) is 23.4 Å². The molecule has 1 aliphatic rings. The van der Waals surface area contributed by atoms with Gasteiger partial charge in [-0.3, -0.25) is 0 Å². The van der Waals surface area contributed by atoms with Gasteiger partial charge in [0, 0.05) is 25.2 Å². The quantitative estimate of drug-likeness (QED) is 0.887. The number of benzene rings is 1. The van der Waals surface area contributed by atoms with E-state index in [0.29, 0.717) is 28.2 Å². The normalized spacial score (nSPS) is 14.4. The Bertz CT molecular complexity index is 707. The van der Waals surface area contributed by atoms with E-state index in [4.69, 9.17) is 21.1 Å². The van der Waals surface area contributed by atoms with E-state index in [1.165, 1.54) is 19.3 Å². The first-order valence-corrected chi connectivity index (χ1v) is 8.22. The first-order valence-electron chi connectivity index (χ1n) is 7.84. The lowest BCUT2D eigenvalue weighted by atomic mass is 10.1. The smallest absolute Gasteiger partial charge is 0.249 e. The van der Waals surface area contributed by atoms with Gasteiger partial charge >= 0.3 is 0 Å². The number of piperidine rings is 1. The second kappa shape index (κ2) is 7.53. The minimum atomic E-state index is 0.403. The molecular weight excluding hydrogens is 330 g/mol. The van der Waals surface area contributed by atoms with Crippen molar-refractivity contribution in [2.24, 2.45) is 0 Å². The highest BCUT2D eigenvalue weighted by Gasteiger charge is 2.15. The lowest BCUT2D eigenvalue weighted by molar-refractivity contribution is 0.405. The Balaban J connectivity index is 1.85. The summed E-state index contributed by atoms with van der Waals surface area (Å²) in [5, 5.41) is 11.7. The first-order chi connectivity index (χ1) is 11.7. The molecule has 2 heterocycles. The van der Waals surface area contributed by atoms with E-state index in [1.807, 2.05) is 0 Å². The summed E-state index contributed by atoms with van der Waals surface area (Å²) in [7, 11) is 3.14. The Labute approximate surface area is 146 Å². The predicted molar refractivity (Wildman–Crippen MR) is 93.7 cm³/mol. The number of hydrogen-bond donors (Lipinski definition) is 1. The fourth-order valence-corrected chi connectivity index (χ4v) is 2.93. The van der Waals surface area contributed by atoms with E-state index in [0.717, 1.165) is 18.9 Å². The molecule has 8 heteroatoms. The van der Waals surface area contributed by atoms with Gasteiger partial charge in [-0.15, -0.1) is 5.10 Å². The van der Waals surface area contributed by atoms with Gasteiger partial charge in [-0.25, -0.2) is 0 Å². The molecule has 0 aliphatic carbocycles. The van der Waals surface area contributed by atoms with Crippen LogP contribution in [0.15, 0.2) is 18.3 Å². The molecular formula is C16H20ClN5O2. The standard InChI is InChI=1S/C16H20ClN5O2/c1-23-13-9-12(14(24-2)8-11(13)17)19-16-20-15(10-18-21-16)22-6-4-3-5-7-22/h8-10H,3-7H2,1-2H3,(H,19,20,21). The Morgan fingerprint density at radius 3 is 2.54 bits per heavy atom. The molecule has 0 atom stereocenters. The first kappa shape index (κ1) is 16.6. The zero-order chi connectivity index (χ0) is 16.9. The van der Waals surface area contributed by atoms with Gasteiger partial charge in [0.2, 0.25) is 5.95 Å². The summed E-state index contributed by atoms with van der Waals surface area (Å²) in [4.78, 5) is 6.78. The molecule has 128 valence electrons. The van der Waals surface area contributed by atoms with Crippen LogP contribution in [0.4, 0.5) is 17.5 Å². The van der Waals surface area contributed by atoms with Crippen LogP contribution in [0.5, 0.6) is 11.5 Å². The molecule has 1 N–H and O–H groups in total. The van der Waals surface area contributed by atoms with E-state index < -0.39 is 0 Å². The Kier molecular flexibility index (Phi) is 5.20. The molecule has 24 heavy (non-hydrogen) atoms. The second-order valence-corrected chi connectivity index (χ2v) is 5.91. The molecule has 0 amide bonds. The fourth-order valence-electron chi connectivity index (χ4n) is 2.70. The van der Waals surface area contributed by atoms with E-state index in [9.17, 15) is 0 Å². The minimum Gasteiger partial charge on any atom is -0.495 e. The summed E-state index contributed by atoms with van der Waals surface area (Å²) in [6.07, 6.45) is 5.31. The highest BCUT2D eigenvalue weighted by atomic mass is 35.5. The summed E-state index contributed by atoms with van der Waals surface area (Å²) in [6, 6.07) is 3.43. The number of methoxy groups -OCH3 is 2. The maximum Gasteiger partial charge on any atom is 0.249 e. The summed E-state index contributed by atoms with van der Waals surface area (Å²) < 4.78 is 10.6. The number of nitrogens with zero attached hydrogens (tertiary/aromatic N) is 4. The van der Waals surface area contributed by atoms with E-state index in [1.54, 1.807) is 32.5 Å². The van der Waals surface area contributed by atoms with Gasteiger partial charge in [0.1, 0.15) is 11.5 Å². The summed E-state index contributed by atoms with van der Waals surface area (Å²) in [6.45, 7) is 1.99. The van der Waals surface area contributed by atoms with Crippen molar-refractivity contribution in [3.63, 3.8) is 0 Å². The van der Waals surface area contributed by atoms with Gasteiger partial charge in [-0.05, 0) is 19.3 Å². The molecule has 1 aromatic carbocycles. The molecule has 0 saturated carbocycles.